The molecule has 0 bridgehead atoms. The number of aromatic nitrogens is 2. The molecule has 5 nitrogen and oxygen atoms in total. The highest BCUT2D eigenvalue weighted by Crippen LogP contribution is 2.44. The van der Waals surface area contributed by atoms with Gasteiger partial charge < -0.3 is 15.8 Å². The lowest BCUT2D eigenvalue weighted by Gasteiger charge is -2.19. The highest BCUT2D eigenvalue weighted by atomic mass is 16.5. The van der Waals surface area contributed by atoms with Crippen molar-refractivity contribution in [1.29, 1.82) is 0 Å². The Hall–Kier alpha value is -2.95. The van der Waals surface area contributed by atoms with Crippen LogP contribution in [0.1, 0.15) is 36.1 Å². The van der Waals surface area contributed by atoms with E-state index in [1.165, 1.54) is 5.56 Å². The molecule has 4 N–H and O–H groups in total. The Labute approximate surface area is 159 Å². The van der Waals surface area contributed by atoms with Crippen LogP contribution in [0.3, 0.4) is 0 Å². The van der Waals surface area contributed by atoms with Gasteiger partial charge in [-0.05, 0) is 62.6 Å². The molecule has 0 atom stereocenters. The van der Waals surface area contributed by atoms with E-state index in [1.54, 1.807) is 6.20 Å². The molecule has 0 saturated heterocycles. The Morgan fingerprint density at radius 1 is 1.15 bits per heavy atom. The molecule has 140 valence electrons. The Kier molecular flexibility index (Phi) is 4.10. The summed E-state index contributed by atoms with van der Waals surface area (Å²) in [6, 6.07) is 10.3. The lowest BCUT2D eigenvalue weighted by atomic mass is 9.92. The molecule has 1 aliphatic heterocycles. The number of ether oxygens (including phenoxy) is 1. The fourth-order valence-electron chi connectivity index (χ4n) is 3.76. The van der Waals surface area contributed by atoms with Crippen LogP contribution in [-0.4, -0.2) is 15.8 Å². The third-order valence-corrected chi connectivity index (χ3v) is 5.42. The maximum Gasteiger partial charge on any atom is 0.127 e. The van der Waals surface area contributed by atoms with Gasteiger partial charge in [-0.15, -0.1) is 0 Å². The van der Waals surface area contributed by atoms with Crippen LogP contribution in [0.25, 0.3) is 11.3 Å². The molecule has 5 heteroatoms. The molecule has 4 rings (SSSR count). The number of aromatic amines is 1. The van der Waals surface area contributed by atoms with Crippen molar-refractivity contribution < 1.29 is 4.74 Å². The van der Waals surface area contributed by atoms with Crippen molar-refractivity contribution in [2.45, 2.75) is 46.3 Å². The molecule has 0 saturated carbocycles. The van der Waals surface area contributed by atoms with Crippen molar-refractivity contribution in [2.24, 2.45) is 0 Å². The fraction of sp³-hybridized carbons (Fsp3) is 0.318. The number of benzene rings is 2. The first-order valence-corrected chi connectivity index (χ1v) is 9.29. The second kappa shape index (κ2) is 6.34. The van der Waals surface area contributed by atoms with E-state index in [-0.39, 0.29) is 5.60 Å². The maximum atomic E-state index is 6.49. The van der Waals surface area contributed by atoms with Gasteiger partial charge in [0.2, 0.25) is 0 Å². The van der Waals surface area contributed by atoms with E-state index in [4.69, 9.17) is 10.5 Å². The van der Waals surface area contributed by atoms with Crippen LogP contribution in [0.2, 0.25) is 0 Å². The predicted octanol–water partition coefficient (Wildman–Crippen LogP) is 4.60. The summed E-state index contributed by atoms with van der Waals surface area (Å²) in [6.45, 7) is 9.10. The van der Waals surface area contributed by atoms with E-state index >= 15 is 0 Å². The topological polar surface area (TPSA) is 76.0 Å². The van der Waals surface area contributed by atoms with Crippen molar-refractivity contribution in [2.75, 3.05) is 11.1 Å². The number of nitrogen functional groups attached to an aromatic ring is 1. The van der Waals surface area contributed by atoms with Gasteiger partial charge in [0.05, 0.1) is 5.69 Å². The number of rotatable bonds is 4. The number of nitrogens with zero attached hydrogens (tertiary/aromatic N) is 1. The van der Waals surface area contributed by atoms with Gasteiger partial charge in [-0.1, -0.05) is 12.1 Å². The molecule has 0 fully saturated rings. The van der Waals surface area contributed by atoms with Crippen LogP contribution in [-0.2, 0) is 13.0 Å². The standard InChI is InChI=1S/C22H26N4O/c1-13-14(2)21-17(11-22(3,4)27-21)18(20(13)23)12-24-16-7-5-15(6-8-16)19-9-10-25-26-19/h5-10,24H,11-12,23H2,1-4H3,(H,25,26). The van der Waals surface area contributed by atoms with E-state index in [2.05, 4.69) is 67.5 Å². The number of hydrogen-bond donors (Lipinski definition) is 3. The van der Waals surface area contributed by atoms with Crippen molar-refractivity contribution in [3.63, 3.8) is 0 Å². The van der Waals surface area contributed by atoms with Crippen molar-refractivity contribution in [1.82, 2.24) is 10.2 Å². The number of nitrogens with two attached hydrogens (primary N) is 1. The molecular weight excluding hydrogens is 336 g/mol. The Balaban J connectivity index is 1.59. The molecule has 0 amide bonds. The van der Waals surface area contributed by atoms with E-state index in [9.17, 15) is 0 Å². The average Bonchev–Trinajstić information content (AvgIpc) is 3.28. The molecule has 0 radical (unpaired) electrons. The van der Waals surface area contributed by atoms with E-state index in [0.29, 0.717) is 6.54 Å². The fourth-order valence-corrected chi connectivity index (χ4v) is 3.76. The molecular formula is C22H26N4O. The summed E-state index contributed by atoms with van der Waals surface area (Å²) in [4.78, 5) is 0. The van der Waals surface area contributed by atoms with E-state index in [1.807, 2.05) is 6.07 Å². The quantitative estimate of drug-likeness (QED) is 0.593. The number of anilines is 2. The lowest BCUT2D eigenvalue weighted by molar-refractivity contribution is 0.137. The molecule has 1 aromatic heterocycles. The maximum absolute atomic E-state index is 6.49. The molecule has 0 aliphatic carbocycles. The predicted molar refractivity (Wildman–Crippen MR) is 110 cm³/mol. The van der Waals surface area contributed by atoms with Gasteiger partial charge in [-0.2, -0.15) is 5.10 Å². The first kappa shape index (κ1) is 17.5. The summed E-state index contributed by atoms with van der Waals surface area (Å²) in [5.41, 5.74) is 15.0. The van der Waals surface area contributed by atoms with Crippen LogP contribution in [0.4, 0.5) is 11.4 Å². The summed E-state index contributed by atoms with van der Waals surface area (Å²) in [6.07, 6.45) is 2.64. The molecule has 0 spiro atoms. The zero-order valence-electron chi connectivity index (χ0n) is 16.3. The third-order valence-electron chi connectivity index (χ3n) is 5.42. The summed E-state index contributed by atoms with van der Waals surface area (Å²) >= 11 is 0. The first-order chi connectivity index (χ1) is 12.9. The van der Waals surface area contributed by atoms with Gasteiger partial charge in [0.1, 0.15) is 11.4 Å². The van der Waals surface area contributed by atoms with Crippen LogP contribution in [0.15, 0.2) is 36.5 Å². The number of fused-ring (bicyclic) bond motifs is 1. The van der Waals surface area contributed by atoms with Crippen LogP contribution >= 0.6 is 0 Å². The Bertz CT molecular complexity index is 973. The summed E-state index contributed by atoms with van der Waals surface area (Å²) in [5, 5.41) is 10.5. The zero-order chi connectivity index (χ0) is 19.2. The molecule has 1 aliphatic rings. The minimum Gasteiger partial charge on any atom is -0.487 e. The summed E-state index contributed by atoms with van der Waals surface area (Å²) in [7, 11) is 0. The molecule has 2 aromatic carbocycles. The number of hydrogen-bond acceptors (Lipinski definition) is 4. The smallest absolute Gasteiger partial charge is 0.127 e. The van der Waals surface area contributed by atoms with Crippen molar-refractivity contribution in [3.8, 4) is 17.0 Å². The van der Waals surface area contributed by atoms with Gasteiger partial charge in [-0.25, -0.2) is 0 Å². The largest absolute Gasteiger partial charge is 0.487 e. The summed E-state index contributed by atoms with van der Waals surface area (Å²) < 4.78 is 6.22. The SMILES string of the molecule is Cc1c(C)c2c(c(CNc3ccc(-c4ccn[nH]4)cc3)c1N)CC(C)(C)O2. The zero-order valence-corrected chi connectivity index (χ0v) is 16.3. The monoisotopic (exact) mass is 362 g/mol. The lowest BCUT2D eigenvalue weighted by Crippen LogP contribution is -2.25. The second-order valence-corrected chi connectivity index (χ2v) is 7.89. The van der Waals surface area contributed by atoms with Crippen LogP contribution in [0, 0.1) is 13.8 Å². The normalized spacial score (nSPS) is 14.7. The molecule has 0 unspecified atom stereocenters. The molecule has 27 heavy (non-hydrogen) atoms. The van der Waals surface area contributed by atoms with Gasteiger partial charge in [0, 0.05) is 41.7 Å². The molecule has 2 heterocycles. The highest BCUT2D eigenvalue weighted by molar-refractivity contribution is 5.68. The number of H-pyrrole nitrogens is 1. The van der Waals surface area contributed by atoms with Crippen molar-refractivity contribution >= 4 is 11.4 Å². The van der Waals surface area contributed by atoms with E-state index < -0.39 is 0 Å². The molecule has 3 aromatic rings. The minimum absolute atomic E-state index is 0.187. The first-order valence-electron chi connectivity index (χ1n) is 9.29. The third kappa shape index (κ3) is 3.14. The van der Waals surface area contributed by atoms with Gasteiger partial charge in [0.25, 0.3) is 0 Å². The van der Waals surface area contributed by atoms with Gasteiger partial charge in [0.15, 0.2) is 0 Å². The van der Waals surface area contributed by atoms with Gasteiger partial charge in [-0.3, -0.25) is 5.10 Å². The highest BCUT2D eigenvalue weighted by Gasteiger charge is 2.34. The second-order valence-electron chi connectivity index (χ2n) is 7.89. The Morgan fingerprint density at radius 2 is 1.89 bits per heavy atom. The van der Waals surface area contributed by atoms with Crippen LogP contribution < -0.4 is 15.8 Å². The minimum atomic E-state index is -0.187. The summed E-state index contributed by atoms with van der Waals surface area (Å²) in [5.74, 6) is 1.01. The average molecular weight is 362 g/mol. The van der Waals surface area contributed by atoms with E-state index in [0.717, 1.165) is 51.5 Å². The Morgan fingerprint density at radius 3 is 2.56 bits per heavy atom. The van der Waals surface area contributed by atoms with Crippen molar-refractivity contribution in [3.05, 3.63) is 58.8 Å². The number of nitrogens with one attached hydrogen (secondary N) is 2. The van der Waals surface area contributed by atoms with Gasteiger partial charge >= 0.3 is 0 Å². The van der Waals surface area contributed by atoms with Crippen LogP contribution in [0.5, 0.6) is 5.75 Å².